The van der Waals surface area contributed by atoms with E-state index < -0.39 is 0 Å². The first-order chi connectivity index (χ1) is 10.0. The van der Waals surface area contributed by atoms with Gasteiger partial charge in [0.05, 0.1) is 5.69 Å². The molecule has 0 spiro atoms. The number of hydrogen-bond acceptors (Lipinski definition) is 5. The molecule has 1 amide bonds. The maximum atomic E-state index is 12.6. The summed E-state index contributed by atoms with van der Waals surface area (Å²) in [4.78, 5) is 20.3. The number of aliphatic hydroxyl groups is 1. The van der Waals surface area contributed by atoms with Gasteiger partial charge in [-0.3, -0.25) is 4.79 Å². The molecule has 2 aromatic heterocycles. The van der Waals surface area contributed by atoms with Crippen molar-refractivity contribution in [2.24, 2.45) is 5.92 Å². The predicted molar refractivity (Wildman–Crippen MR) is 84.6 cm³/mol. The highest BCUT2D eigenvalue weighted by atomic mass is 32.1. The van der Waals surface area contributed by atoms with Crippen LogP contribution in [-0.2, 0) is 0 Å². The number of hydrogen-bond donors (Lipinski definition) is 2. The third kappa shape index (κ3) is 2.38. The lowest BCUT2D eigenvalue weighted by atomic mass is 10.1. The highest BCUT2D eigenvalue weighted by Gasteiger charge is 2.29. The molecule has 1 atom stereocenters. The Kier molecular flexibility index (Phi) is 3.59. The van der Waals surface area contributed by atoms with E-state index in [0.717, 1.165) is 27.9 Å². The Morgan fingerprint density at radius 2 is 2.33 bits per heavy atom. The highest BCUT2D eigenvalue weighted by molar-refractivity contribution is 7.21. The number of aryl methyl sites for hydroxylation is 2. The van der Waals surface area contributed by atoms with Crippen molar-refractivity contribution in [2.75, 3.05) is 25.4 Å². The summed E-state index contributed by atoms with van der Waals surface area (Å²) in [5.74, 6) is 0.148. The zero-order valence-electron chi connectivity index (χ0n) is 12.2. The number of rotatable bonds is 2. The van der Waals surface area contributed by atoms with Crippen LogP contribution in [0.2, 0.25) is 0 Å². The number of pyridine rings is 1. The van der Waals surface area contributed by atoms with Crippen LogP contribution in [0, 0.1) is 19.8 Å². The van der Waals surface area contributed by atoms with Crippen LogP contribution in [0.15, 0.2) is 6.07 Å². The molecule has 0 radical (unpaired) electrons. The molecule has 21 heavy (non-hydrogen) atoms. The van der Waals surface area contributed by atoms with Crippen LogP contribution >= 0.6 is 11.3 Å². The summed E-state index contributed by atoms with van der Waals surface area (Å²) in [6.45, 7) is 5.35. The van der Waals surface area contributed by atoms with E-state index in [9.17, 15) is 9.90 Å². The van der Waals surface area contributed by atoms with Gasteiger partial charge in [-0.15, -0.1) is 11.3 Å². The van der Waals surface area contributed by atoms with Crippen molar-refractivity contribution < 1.29 is 9.90 Å². The van der Waals surface area contributed by atoms with E-state index >= 15 is 0 Å². The number of nitrogens with zero attached hydrogens (tertiary/aromatic N) is 2. The van der Waals surface area contributed by atoms with E-state index in [-0.39, 0.29) is 18.4 Å². The first-order valence-electron chi connectivity index (χ1n) is 7.07. The second kappa shape index (κ2) is 5.27. The minimum Gasteiger partial charge on any atom is -0.397 e. The van der Waals surface area contributed by atoms with Gasteiger partial charge in [0.2, 0.25) is 0 Å². The van der Waals surface area contributed by atoms with Crippen LogP contribution in [-0.4, -0.2) is 40.6 Å². The quantitative estimate of drug-likeness (QED) is 0.889. The van der Waals surface area contributed by atoms with Gasteiger partial charge < -0.3 is 15.7 Å². The SMILES string of the molecule is Cc1cc(C)c2c(N)c(C(=O)N3CCC(CO)C3)sc2n1. The number of fused-ring (bicyclic) bond motifs is 1. The number of nitrogen functional groups attached to an aromatic ring is 1. The molecule has 3 N–H and O–H groups in total. The van der Waals surface area contributed by atoms with Crippen molar-refractivity contribution in [1.29, 1.82) is 0 Å². The average molecular weight is 305 g/mol. The van der Waals surface area contributed by atoms with E-state index in [4.69, 9.17) is 5.73 Å². The second-order valence-electron chi connectivity index (χ2n) is 5.69. The maximum Gasteiger partial charge on any atom is 0.266 e. The molecule has 1 aliphatic rings. The third-order valence-electron chi connectivity index (χ3n) is 4.05. The number of carbonyl (C=O) groups is 1. The molecule has 112 valence electrons. The molecule has 1 saturated heterocycles. The summed E-state index contributed by atoms with van der Waals surface area (Å²) in [5.41, 5.74) is 8.73. The fourth-order valence-corrected chi connectivity index (χ4v) is 4.12. The van der Waals surface area contributed by atoms with E-state index in [1.807, 2.05) is 19.9 Å². The number of aliphatic hydroxyl groups excluding tert-OH is 1. The van der Waals surface area contributed by atoms with Crippen LogP contribution < -0.4 is 5.73 Å². The topological polar surface area (TPSA) is 79.5 Å². The number of nitrogens with two attached hydrogens (primary N) is 1. The van der Waals surface area contributed by atoms with E-state index in [1.54, 1.807) is 4.90 Å². The maximum absolute atomic E-state index is 12.6. The lowest BCUT2D eigenvalue weighted by Crippen LogP contribution is -2.29. The number of thiophene rings is 1. The highest BCUT2D eigenvalue weighted by Crippen LogP contribution is 2.36. The summed E-state index contributed by atoms with van der Waals surface area (Å²) >= 11 is 1.37. The predicted octanol–water partition coefficient (Wildman–Crippen LogP) is 1.95. The van der Waals surface area contributed by atoms with Gasteiger partial charge in [-0.25, -0.2) is 4.98 Å². The first-order valence-corrected chi connectivity index (χ1v) is 7.89. The molecular weight excluding hydrogens is 286 g/mol. The Balaban J connectivity index is 1.99. The van der Waals surface area contributed by atoms with Gasteiger partial charge in [-0.05, 0) is 31.9 Å². The van der Waals surface area contributed by atoms with Gasteiger partial charge in [0.15, 0.2) is 0 Å². The normalized spacial score (nSPS) is 18.6. The van der Waals surface area contributed by atoms with E-state index in [2.05, 4.69) is 4.98 Å². The third-order valence-corrected chi connectivity index (χ3v) is 5.14. The molecule has 1 fully saturated rings. The lowest BCUT2D eigenvalue weighted by molar-refractivity contribution is 0.0787. The van der Waals surface area contributed by atoms with Crippen LogP contribution in [0.5, 0.6) is 0 Å². The zero-order valence-corrected chi connectivity index (χ0v) is 13.0. The number of aromatic nitrogens is 1. The summed E-state index contributed by atoms with van der Waals surface area (Å²) < 4.78 is 0. The zero-order chi connectivity index (χ0) is 15.1. The molecular formula is C15H19N3O2S. The Hall–Kier alpha value is -1.66. The van der Waals surface area contributed by atoms with Crippen molar-refractivity contribution >= 4 is 33.1 Å². The van der Waals surface area contributed by atoms with E-state index in [0.29, 0.717) is 23.7 Å². The minimum absolute atomic E-state index is 0.0384. The minimum atomic E-state index is -0.0384. The largest absolute Gasteiger partial charge is 0.397 e. The monoisotopic (exact) mass is 305 g/mol. The van der Waals surface area contributed by atoms with Crippen molar-refractivity contribution in [1.82, 2.24) is 9.88 Å². The van der Waals surface area contributed by atoms with Crippen LogP contribution in [0.25, 0.3) is 10.2 Å². The molecule has 0 aromatic carbocycles. The smallest absolute Gasteiger partial charge is 0.266 e. The van der Waals surface area contributed by atoms with Gasteiger partial charge in [0, 0.05) is 36.7 Å². The summed E-state index contributed by atoms with van der Waals surface area (Å²) in [7, 11) is 0. The molecule has 0 saturated carbocycles. The van der Waals surface area contributed by atoms with Crippen LogP contribution in [0.1, 0.15) is 27.3 Å². The second-order valence-corrected chi connectivity index (χ2v) is 6.69. The Bertz CT molecular complexity index is 710. The van der Waals surface area contributed by atoms with Gasteiger partial charge >= 0.3 is 0 Å². The number of amides is 1. The summed E-state index contributed by atoms with van der Waals surface area (Å²) in [6, 6.07) is 1.98. The lowest BCUT2D eigenvalue weighted by Gasteiger charge is -2.15. The average Bonchev–Trinajstić information content (AvgIpc) is 3.02. The number of anilines is 1. The summed E-state index contributed by atoms with van der Waals surface area (Å²) in [5, 5.41) is 10.1. The van der Waals surface area contributed by atoms with Gasteiger partial charge in [-0.1, -0.05) is 0 Å². The number of carbonyl (C=O) groups excluding carboxylic acids is 1. The standard InChI is InChI=1S/C15H19N3O2S/c1-8-5-9(2)17-14-11(8)12(16)13(21-14)15(20)18-4-3-10(6-18)7-19/h5,10,19H,3-4,6-7,16H2,1-2H3. The van der Waals surface area contributed by atoms with Crippen molar-refractivity contribution in [2.45, 2.75) is 20.3 Å². The van der Waals surface area contributed by atoms with Gasteiger partial charge in [0.25, 0.3) is 5.91 Å². The number of likely N-dealkylation sites (tertiary alicyclic amines) is 1. The van der Waals surface area contributed by atoms with Gasteiger partial charge in [0.1, 0.15) is 9.71 Å². The van der Waals surface area contributed by atoms with Crippen molar-refractivity contribution in [3.05, 3.63) is 22.2 Å². The molecule has 3 heterocycles. The molecule has 5 nitrogen and oxygen atoms in total. The molecule has 2 aromatic rings. The van der Waals surface area contributed by atoms with Crippen LogP contribution in [0.4, 0.5) is 5.69 Å². The van der Waals surface area contributed by atoms with E-state index in [1.165, 1.54) is 11.3 Å². The van der Waals surface area contributed by atoms with Crippen molar-refractivity contribution in [3.63, 3.8) is 0 Å². The van der Waals surface area contributed by atoms with Crippen LogP contribution in [0.3, 0.4) is 0 Å². The molecule has 1 unspecified atom stereocenters. The molecule has 0 aliphatic carbocycles. The molecule has 0 bridgehead atoms. The first kappa shape index (κ1) is 14.3. The van der Waals surface area contributed by atoms with Crippen molar-refractivity contribution in [3.8, 4) is 0 Å². The molecule has 3 rings (SSSR count). The fraction of sp³-hybridized carbons (Fsp3) is 0.467. The molecule has 1 aliphatic heterocycles. The summed E-state index contributed by atoms with van der Waals surface area (Å²) in [6.07, 6.45) is 0.851. The Morgan fingerprint density at radius 1 is 1.57 bits per heavy atom. The Morgan fingerprint density at radius 3 is 3.00 bits per heavy atom. The van der Waals surface area contributed by atoms with Gasteiger partial charge in [-0.2, -0.15) is 0 Å². The fourth-order valence-electron chi connectivity index (χ4n) is 2.94. The Labute approximate surface area is 127 Å². The molecule has 6 heteroatoms.